The first-order valence-electron chi connectivity index (χ1n) is 8.81. The van der Waals surface area contributed by atoms with Crippen molar-refractivity contribution in [2.75, 3.05) is 13.1 Å². The van der Waals surface area contributed by atoms with Crippen LogP contribution in [0.3, 0.4) is 0 Å². The van der Waals surface area contributed by atoms with Crippen molar-refractivity contribution in [2.24, 2.45) is 11.8 Å². The standard InChI is InChI=1S/C20H25NO3/c1-14-6-8-15(9-7-14)10-18(20(23)24)11-19(22)21-12-16-4-2-3-5-17(16)13-21/h6-10,16-17H,2-5,11-13H2,1H3,(H,23,24). The van der Waals surface area contributed by atoms with Crippen molar-refractivity contribution in [3.8, 4) is 0 Å². The Morgan fingerprint density at radius 1 is 1.12 bits per heavy atom. The molecule has 2 aliphatic rings. The Morgan fingerprint density at radius 3 is 2.25 bits per heavy atom. The third-order valence-electron chi connectivity index (χ3n) is 5.36. The minimum Gasteiger partial charge on any atom is -0.478 e. The van der Waals surface area contributed by atoms with Gasteiger partial charge in [0.1, 0.15) is 0 Å². The van der Waals surface area contributed by atoms with Gasteiger partial charge in [-0.3, -0.25) is 4.79 Å². The maximum absolute atomic E-state index is 12.6. The average molecular weight is 327 g/mol. The van der Waals surface area contributed by atoms with Crippen LogP contribution in [0.2, 0.25) is 0 Å². The lowest BCUT2D eigenvalue weighted by molar-refractivity contribution is -0.136. The van der Waals surface area contributed by atoms with E-state index in [1.807, 2.05) is 36.1 Å². The number of aliphatic carboxylic acids is 1. The summed E-state index contributed by atoms with van der Waals surface area (Å²) in [6, 6.07) is 7.65. The fourth-order valence-electron chi connectivity index (χ4n) is 3.94. The first-order valence-corrected chi connectivity index (χ1v) is 8.81. The molecular formula is C20H25NO3. The van der Waals surface area contributed by atoms with Crippen LogP contribution < -0.4 is 0 Å². The molecule has 3 rings (SSSR count). The van der Waals surface area contributed by atoms with E-state index in [1.165, 1.54) is 25.7 Å². The smallest absolute Gasteiger partial charge is 0.332 e. The number of aryl methyl sites for hydroxylation is 1. The molecule has 1 aromatic carbocycles. The second-order valence-electron chi connectivity index (χ2n) is 7.17. The molecule has 24 heavy (non-hydrogen) atoms. The quantitative estimate of drug-likeness (QED) is 0.861. The molecule has 0 bridgehead atoms. The molecule has 2 atom stereocenters. The van der Waals surface area contributed by atoms with Gasteiger partial charge in [0.25, 0.3) is 0 Å². The van der Waals surface area contributed by atoms with E-state index < -0.39 is 5.97 Å². The van der Waals surface area contributed by atoms with E-state index in [0.717, 1.165) is 24.2 Å². The Balaban J connectivity index is 1.68. The van der Waals surface area contributed by atoms with E-state index in [9.17, 15) is 14.7 Å². The number of carboxylic acids is 1. The number of rotatable bonds is 4. The molecule has 128 valence electrons. The third kappa shape index (κ3) is 3.86. The van der Waals surface area contributed by atoms with Crippen LogP contribution in [0, 0.1) is 18.8 Å². The van der Waals surface area contributed by atoms with Crippen molar-refractivity contribution in [1.82, 2.24) is 4.90 Å². The van der Waals surface area contributed by atoms with Crippen LogP contribution in [0.15, 0.2) is 29.8 Å². The minimum atomic E-state index is -1.01. The number of fused-ring (bicyclic) bond motifs is 1. The van der Waals surface area contributed by atoms with Crippen LogP contribution >= 0.6 is 0 Å². The number of carbonyl (C=O) groups excluding carboxylic acids is 1. The van der Waals surface area contributed by atoms with E-state index in [4.69, 9.17) is 0 Å². The molecule has 1 amide bonds. The SMILES string of the molecule is Cc1ccc(C=C(CC(=O)N2CC3CCCCC3C2)C(=O)O)cc1. The maximum atomic E-state index is 12.6. The first-order chi connectivity index (χ1) is 11.5. The second kappa shape index (κ2) is 7.20. The Morgan fingerprint density at radius 2 is 1.71 bits per heavy atom. The molecule has 1 saturated heterocycles. The zero-order valence-electron chi connectivity index (χ0n) is 14.2. The highest BCUT2D eigenvalue weighted by atomic mass is 16.4. The molecule has 0 radical (unpaired) electrons. The molecule has 1 aliphatic heterocycles. The number of carboxylic acid groups (broad SMARTS) is 1. The Bertz CT molecular complexity index is 633. The molecule has 1 heterocycles. The van der Waals surface area contributed by atoms with Gasteiger partial charge in [-0.2, -0.15) is 0 Å². The van der Waals surface area contributed by atoms with Crippen molar-refractivity contribution >= 4 is 18.0 Å². The lowest BCUT2D eigenvalue weighted by Gasteiger charge is -2.22. The average Bonchev–Trinajstić information content (AvgIpc) is 3.00. The number of carbonyl (C=O) groups is 2. The molecule has 1 aromatic rings. The van der Waals surface area contributed by atoms with Crippen molar-refractivity contribution < 1.29 is 14.7 Å². The van der Waals surface area contributed by atoms with Crippen LogP contribution in [0.25, 0.3) is 6.08 Å². The van der Waals surface area contributed by atoms with E-state index in [0.29, 0.717) is 11.8 Å². The zero-order valence-corrected chi connectivity index (χ0v) is 14.2. The summed E-state index contributed by atoms with van der Waals surface area (Å²) in [4.78, 5) is 26.0. The summed E-state index contributed by atoms with van der Waals surface area (Å²) in [5.74, 6) is 0.180. The molecule has 2 unspecified atom stereocenters. The molecule has 4 nitrogen and oxygen atoms in total. The Kier molecular flexibility index (Phi) is 5.03. The molecule has 1 N–H and O–H groups in total. The summed E-state index contributed by atoms with van der Waals surface area (Å²) < 4.78 is 0. The first kappa shape index (κ1) is 16.7. The largest absolute Gasteiger partial charge is 0.478 e. The van der Waals surface area contributed by atoms with Crippen LogP contribution in [-0.4, -0.2) is 35.0 Å². The fraction of sp³-hybridized carbons (Fsp3) is 0.500. The van der Waals surface area contributed by atoms with Gasteiger partial charge >= 0.3 is 5.97 Å². The van der Waals surface area contributed by atoms with Gasteiger partial charge in [0.15, 0.2) is 0 Å². The second-order valence-corrected chi connectivity index (χ2v) is 7.17. The van der Waals surface area contributed by atoms with E-state index >= 15 is 0 Å². The van der Waals surface area contributed by atoms with Gasteiger partial charge in [-0.15, -0.1) is 0 Å². The Hall–Kier alpha value is -2.10. The van der Waals surface area contributed by atoms with Crippen LogP contribution in [0.5, 0.6) is 0 Å². The minimum absolute atomic E-state index is 0.0251. The van der Waals surface area contributed by atoms with Gasteiger partial charge in [0.05, 0.1) is 6.42 Å². The maximum Gasteiger partial charge on any atom is 0.332 e. The topological polar surface area (TPSA) is 57.6 Å². The van der Waals surface area contributed by atoms with Crippen LogP contribution in [0.4, 0.5) is 0 Å². The van der Waals surface area contributed by atoms with Gasteiger partial charge in [-0.25, -0.2) is 4.79 Å². The highest BCUT2D eigenvalue weighted by Gasteiger charge is 2.36. The predicted octanol–water partition coefficient (Wildman–Crippen LogP) is 3.50. The number of nitrogens with zero attached hydrogens (tertiary/aromatic N) is 1. The molecule has 1 aliphatic carbocycles. The highest BCUT2D eigenvalue weighted by Crippen LogP contribution is 2.36. The van der Waals surface area contributed by atoms with Crippen LogP contribution in [0.1, 0.15) is 43.2 Å². The van der Waals surface area contributed by atoms with Crippen molar-refractivity contribution in [3.63, 3.8) is 0 Å². The monoisotopic (exact) mass is 327 g/mol. The number of amides is 1. The third-order valence-corrected chi connectivity index (χ3v) is 5.36. The van der Waals surface area contributed by atoms with E-state index in [-0.39, 0.29) is 17.9 Å². The molecule has 0 spiro atoms. The van der Waals surface area contributed by atoms with Gasteiger partial charge in [0, 0.05) is 18.7 Å². The predicted molar refractivity (Wildman–Crippen MR) is 93.4 cm³/mol. The molecule has 2 fully saturated rings. The van der Waals surface area contributed by atoms with Crippen molar-refractivity contribution in [1.29, 1.82) is 0 Å². The lowest BCUT2D eigenvalue weighted by atomic mass is 9.82. The van der Waals surface area contributed by atoms with Gasteiger partial charge < -0.3 is 10.0 Å². The van der Waals surface area contributed by atoms with Gasteiger partial charge in [-0.05, 0) is 43.2 Å². The molecule has 4 heteroatoms. The molecule has 0 aromatic heterocycles. The van der Waals surface area contributed by atoms with E-state index in [2.05, 4.69) is 0 Å². The summed E-state index contributed by atoms with van der Waals surface area (Å²) in [7, 11) is 0. The normalized spacial score (nSPS) is 23.9. The number of benzene rings is 1. The van der Waals surface area contributed by atoms with Crippen molar-refractivity contribution in [3.05, 3.63) is 41.0 Å². The summed E-state index contributed by atoms with van der Waals surface area (Å²) in [6.45, 7) is 3.60. The summed E-state index contributed by atoms with van der Waals surface area (Å²) >= 11 is 0. The Labute approximate surface area is 143 Å². The number of hydrogen-bond donors (Lipinski definition) is 1. The number of likely N-dealkylation sites (tertiary alicyclic amines) is 1. The zero-order chi connectivity index (χ0) is 17.1. The van der Waals surface area contributed by atoms with Crippen molar-refractivity contribution in [2.45, 2.75) is 39.0 Å². The summed E-state index contributed by atoms with van der Waals surface area (Å²) in [5.41, 5.74) is 2.11. The van der Waals surface area contributed by atoms with E-state index in [1.54, 1.807) is 6.08 Å². The van der Waals surface area contributed by atoms with Gasteiger partial charge in [0.2, 0.25) is 5.91 Å². The number of hydrogen-bond acceptors (Lipinski definition) is 2. The summed E-state index contributed by atoms with van der Waals surface area (Å²) in [6.07, 6.45) is 6.53. The molecule has 1 saturated carbocycles. The molecular weight excluding hydrogens is 302 g/mol. The van der Waals surface area contributed by atoms with Crippen LogP contribution in [-0.2, 0) is 9.59 Å². The van der Waals surface area contributed by atoms with Gasteiger partial charge in [-0.1, -0.05) is 42.7 Å². The fourth-order valence-corrected chi connectivity index (χ4v) is 3.94. The summed E-state index contributed by atoms with van der Waals surface area (Å²) in [5, 5.41) is 9.45. The highest BCUT2D eigenvalue weighted by molar-refractivity contribution is 5.98. The lowest BCUT2D eigenvalue weighted by Crippen LogP contribution is -2.29.